The third-order valence-electron chi connectivity index (χ3n) is 5.72. The van der Waals surface area contributed by atoms with Gasteiger partial charge in [0.25, 0.3) is 0 Å². The fourth-order valence-electron chi connectivity index (χ4n) is 5.39. The molecular weight excluding hydrogens is 220 g/mol. The zero-order chi connectivity index (χ0) is 12.4. The highest BCUT2D eigenvalue weighted by molar-refractivity contribution is 5.01. The zero-order valence-electron chi connectivity index (χ0n) is 12.1. The molecular formula is C17H30O. The van der Waals surface area contributed by atoms with Crippen LogP contribution in [0.15, 0.2) is 0 Å². The molecule has 4 aliphatic carbocycles. The van der Waals surface area contributed by atoms with E-state index in [0.717, 1.165) is 31.0 Å². The van der Waals surface area contributed by atoms with Crippen LogP contribution in [-0.2, 0) is 4.74 Å². The molecule has 0 N–H and O–H groups in total. The third kappa shape index (κ3) is 2.76. The first kappa shape index (κ1) is 13.0. The van der Waals surface area contributed by atoms with Crippen LogP contribution >= 0.6 is 0 Å². The number of unbranched alkanes of at least 4 members (excludes halogenated alkanes) is 3. The first-order chi connectivity index (χ1) is 8.80. The molecule has 4 bridgehead atoms. The molecule has 4 fully saturated rings. The van der Waals surface area contributed by atoms with Crippen molar-refractivity contribution in [1.82, 2.24) is 0 Å². The molecule has 0 aliphatic heterocycles. The first-order valence-corrected chi connectivity index (χ1v) is 8.37. The molecule has 0 spiro atoms. The summed E-state index contributed by atoms with van der Waals surface area (Å²) in [6.45, 7) is 4.38. The van der Waals surface area contributed by atoms with E-state index in [9.17, 15) is 0 Å². The first-order valence-electron chi connectivity index (χ1n) is 8.37. The summed E-state index contributed by atoms with van der Waals surface area (Å²) in [6, 6.07) is 0. The van der Waals surface area contributed by atoms with Crippen LogP contribution in [0.3, 0.4) is 0 Å². The fraction of sp³-hybridized carbons (Fsp3) is 1.00. The summed E-state index contributed by atoms with van der Waals surface area (Å²) in [4.78, 5) is 0. The minimum atomic E-state index is 0.625. The van der Waals surface area contributed by atoms with Gasteiger partial charge in [0.15, 0.2) is 0 Å². The van der Waals surface area contributed by atoms with Gasteiger partial charge in [-0.1, -0.05) is 26.2 Å². The van der Waals surface area contributed by atoms with E-state index >= 15 is 0 Å². The van der Waals surface area contributed by atoms with Gasteiger partial charge in [-0.15, -0.1) is 0 Å². The summed E-state index contributed by atoms with van der Waals surface area (Å²) in [5.74, 6) is 3.21. The Kier molecular flexibility index (Phi) is 3.98. The van der Waals surface area contributed by atoms with Crippen LogP contribution in [0.4, 0.5) is 0 Å². The molecule has 4 saturated carbocycles. The SMILES string of the molecule is CCCCCCOCC12CC3CC(CC(C3)C1)C2. The number of ether oxygens (including phenoxy) is 1. The molecule has 18 heavy (non-hydrogen) atoms. The summed E-state index contributed by atoms with van der Waals surface area (Å²) in [7, 11) is 0. The Balaban J connectivity index is 1.42. The van der Waals surface area contributed by atoms with E-state index in [4.69, 9.17) is 4.74 Å². The van der Waals surface area contributed by atoms with Gasteiger partial charge in [-0.25, -0.2) is 0 Å². The highest BCUT2D eigenvalue weighted by atomic mass is 16.5. The molecule has 1 nitrogen and oxygen atoms in total. The molecule has 4 rings (SSSR count). The van der Waals surface area contributed by atoms with Crippen molar-refractivity contribution in [2.24, 2.45) is 23.2 Å². The predicted molar refractivity (Wildman–Crippen MR) is 75.6 cm³/mol. The van der Waals surface area contributed by atoms with Crippen molar-refractivity contribution in [3.05, 3.63) is 0 Å². The smallest absolute Gasteiger partial charge is 0.0522 e. The van der Waals surface area contributed by atoms with Gasteiger partial charge in [0, 0.05) is 6.61 Å². The Labute approximate surface area is 113 Å². The van der Waals surface area contributed by atoms with E-state index in [0.29, 0.717) is 5.41 Å². The van der Waals surface area contributed by atoms with Crippen LogP contribution in [0.2, 0.25) is 0 Å². The van der Waals surface area contributed by atoms with Crippen LogP contribution in [0.1, 0.15) is 71.1 Å². The summed E-state index contributed by atoms with van der Waals surface area (Å²) >= 11 is 0. The van der Waals surface area contributed by atoms with Gasteiger partial charge in [-0.05, 0) is 68.1 Å². The minimum absolute atomic E-state index is 0.625. The molecule has 0 aromatic rings. The summed E-state index contributed by atoms with van der Waals surface area (Å²) in [5, 5.41) is 0. The topological polar surface area (TPSA) is 9.23 Å². The van der Waals surface area contributed by atoms with Crippen molar-refractivity contribution in [3.8, 4) is 0 Å². The average Bonchev–Trinajstić information content (AvgIpc) is 2.32. The Morgan fingerprint density at radius 2 is 1.50 bits per heavy atom. The molecule has 0 aromatic carbocycles. The van der Waals surface area contributed by atoms with E-state index in [-0.39, 0.29) is 0 Å². The largest absolute Gasteiger partial charge is 0.381 e. The average molecular weight is 250 g/mol. The lowest BCUT2D eigenvalue weighted by Gasteiger charge is -2.56. The zero-order valence-corrected chi connectivity index (χ0v) is 12.1. The normalized spacial score (nSPS) is 41.5. The van der Waals surface area contributed by atoms with Crippen LogP contribution in [-0.4, -0.2) is 13.2 Å². The maximum atomic E-state index is 6.07. The molecule has 104 valence electrons. The minimum Gasteiger partial charge on any atom is -0.381 e. The van der Waals surface area contributed by atoms with E-state index in [1.807, 2.05) is 0 Å². The van der Waals surface area contributed by atoms with Crippen LogP contribution in [0.5, 0.6) is 0 Å². The van der Waals surface area contributed by atoms with Gasteiger partial charge in [-0.3, -0.25) is 0 Å². The van der Waals surface area contributed by atoms with E-state index in [1.165, 1.54) is 44.9 Å². The quantitative estimate of drug-likeness (QED) is 0.590. The van der Waals surface area contributed by atoms with Crippen molar-refractivity contribution in [1.29, 1.82) is 0 Å². The van der Waals surface area contributed by atoms with E-state index in [1.54, 1.807) is 19.3 Å². The Hall–Kier alpha value is -0.0400. The highest BCUT2D eigenvalue weighted by Gasteiger charge is 2.50. The van der Waals surface area contributed by atoms with Crippen molar-refractivity contribution in [3.63, 3.8) is 0 Å². The molecule has 0 atom stereocenters. The number of rotatable bonds is 7. The van der Waals surface area contributed by atoms with Crippen LogP contribution in [0, 0.1) is 23.2 Å². The van der Waals surface area contributed by atoms with Crippen LogP contribution in [0.25, 0.3) is 0 Å². The fourth-order valence-corrected chi connectivity index (χ4v) is 5.39. The van der Waals surface area contributed by atoms with Gasteiger partial charge >= 0.3 is 0 Å². The molecule has 4 aliphatic rings. The van der Waals surface area contributed by atoms with Gasteiger partial charge in [-0.2, -0.15) is 0 Å². The highest BCUT2D eigenvalue weighted by Crippen LogP contribution is 2.59. The lowest BCUT2D eigenvalue weighted by molar-refractivity contribution is -0.0965. The third-order valence-corrected chi connectivity index (χ3v) is 5.72. The predicted octanol–water partition coefficient (Wildman–Crippen LogP) is 4.80. The molecule has 0 saturated heterocycles. The number of hydrogen-bond donors (Lipinski definition) is 0. The van der Waals surface area contributed by atoms with Gasteiger partial charge in [0.05, 0.1) is 6.61 Å². The van der Waals surface area contributed by atoms with E-state index < -0.39 is 0 Å². The lowest BCUT2D eigenvalue weighted by Crippen LogP contribution is -2.48. The second kappa shape index (κ2) is 5.53. The summed E-state index contributed by atoms with van der Waals surface area (Å²) < 4.78 is 6.07. The molecule has 0 heterocycles. The Morgan fingerprint density at radius 1 is 0.889 bits per heavy atom. The van der Waals surface area contributed by atoms with Crippen molar-refractivity contribution < 1.29 is 4.74 Å². The van der Waals surface area contributed by atoms with E-state index in [2.05, 4.69) is 6.92 Å². The molecule has 0 radical (unpaired) electrons. The molecule has 1 heteroatoms. The second-order valence-corrected chi connectivity index (χ2v) is 7.53. The standard InChI is InChI=1S/C17H30O/c1-2-3-4-5-6-18-13-17-10-14-7-15(11-17)9-16(8-14)12-17/h14-16H,2-13H2,1H3. The maximum absolute atomic E-state index is 6.07. The second-order valence-electron chi connectivity index (χ2n) is 7.53. The Bertz CT molecular complexity index is 235. The monoisotopic (exact) mass is 250 g/mol. The van der Waals surface area contributed by atoms with Gasteiger partial charge in [0.1, 0.15) is 0 Å². The van der Waals surface area contributed by atoms with Crippen molar-refractivity contribution in [2.75, 3.05) is 13.2 Å². The summed E-state index contributed by atoms with van der Waals surface area (Å²) in [6.07, 6.45) is 14.5. The molecule has 0 amide bonds. The van der Waals surface area contributed by atoms with Gasteiger partial charge < -0.3 is 4.74 Å². The summed E-state index contributed by atoms with van der Waals surface area (Å²) in [5.41, 5.74) is 0.625. The van der Waals surface area contributed by atoms with Crippen molar-refractivity contribution in [2.45, 2.75) is 71.1 Å². The Morgan fingerprint density at radius 3 is 2.06 bits per heavy atom. The molecule has 0 aromatic heterocycles. The molecule has 0 unspecified atom stereocenters. The number of hydrogen-bond acceptors (Lipinski definition) is 1. The van der Waals surface area contributed by atoms with Gasteiger partial charge in [0.2, 0.25) is 0 Å². The van der Waals surface area contributed by atoms with Crippen molar-refractivity contribution >= 4 is 0 Å². The van der Waals surface area contributed by atoms with Crippen LogP contribution < -0.4 is 0 Å². The maximum Gasteiger partial charge on any atom is 0.0522 e. The lowest BCUT2D eigenvalue weighted by atomic mass is 9.50.